The Bertz CT molecular complexity index is 409. The van der Waals surface area contributed by atoms with Crippen LogP contribution in [0.4, 0.5) is 0 Å². The third-order valence-corrected chi connectivity index (χ3v) is 3.08. The summed E-state index contributed by atoms with van der Waals surface area (Å²) in [4.78, 5) is 4.54. The summed E-state index contributed by atoms with van der Waals surface area (Å²) in [5.41, 5.74) is 0. The number of hydrogen-bond donors (Lipinski definition) is 1. The lowest BCUT2D eigenvalue weighted by atomic mass is 10.5. The molecule has 0 fully saturated rings. The van der Waals surface area contributed by atoms with Crippen LogP contribution in [0.15, 0.2) is 41.7 Å². The minimum Gasteiger partial charge on any atom is -0.224 e. The molecule has 0 aliphatic heterocycles. The van der Waals surface area contributed by atoms with E-state index in [0.29, 0.717) is 0 Å². The lowest BCUT2D eigenvalue weighted by Gasteiger charge is -2.09. The van der Waals surface area contributed by atoms with Crippen molar-refractivity contribution in [2.75, 3.05) is 12.5 Å². The molecule has 2 aromatic rings. The minimum absolute atomic E-state index is 0.140. The molecule has 2 aromatic heterocycles. The summed E-state index contributed by atoms with van der Waals surface area (Å²) in [5.74, 6) is 0.892. The van der Waals surface area contributed by atoms with Gasteiger partial charge in [0.15, 0.2) is 5.82 Å². The summed E-state index contributed by atoms with van der Waals surface area (Å²) in [7, 11) is -0.140. The first-order valence-electron chi connectivity index (χ1n) is 4.42. The maximum atomic E-state index is 4.54. The van der Waals surface area contributed by atoms with Crippen molar-refractivity contribution in [3.63, 3.8) is 0 Å². The molecule has 0 aromatic carbocycles. The highest BCUT2D eigenvalue weighted by molar-refractivity contribution is 8.15. The Labute approximate surface area is 86.1 Å². The summed E-state index contributed by atoms with van der Waals surface area (Å²) in [6.07, 6.45) is 8.06. The van der Waals surface area contributed by atoms with Crippen LogP contribution in [-0.4, -0.2) is 27.3 Å². The van der Waals surface area contributed by atoms with Gasteiger partial charge in [-0.25, -0.2) is 20.6 Å². The Kier molecular flexibility index (Phi) is 2.54. The van der Waals surface area contributed by atoms with Crippen LogP contribution in [0.25, 0.3) is 5.82 Å². The van der Waals surface area contributed by atoms with Gasteiger partial charge < -0.3 is 0 Å². The van der Waals surface area contributed by atoms with Crippen molar-refractivity contribution in [1.82, 2.24) is 14.8 Å². The van der Waals surface area contributed by atoms with E-state index >= 15 is 0 Å². The first-order valence-corrected chi connectivity index (χ1v) is 6.65. The maximum Gasteiger partial charge on any atom is 0.154 e. The van der Waals surface area contributed by atoms with Gasteiger partial charge in [0.2, 0.25) is 0 Å². The molecule has 2 heterocycles. The second-order valence-corrected chi connectivity index (χ2v) is 5.45. The standard InChI is InChI=1S/C10H13N3S/c1-14(2)10-6-3-5-9(12-10)13-8-4-7-11-13/h3-8,14H,1-2H3. The van der Waals surface area contributed by atoms with E-state index in [1.807, 2.05) is 24.4 Å². The van der Waals surface area contributed by atoms with Gasteiger partial charge in [0.25, 0.3) is 0 Å². The highest BCUT2D eigenvalue weighted by Crippen LogP contribution is 2.25. The van der Waals surface area contributed by atoms with Gasteiger partial charge in [-0.1, -0.05) is 6.07 Å². The van der Waals surface area contributed by atoms with Gasteiger partial charge in [0.05, 0.1) is 5.03 Å². The third-order valence-electron chi connectivity index (χ3n) is 1.92. The molecule has 74 valence electrons. The Morgan fingerprint density at radius 2 is 2.07 bits per heavy atom. The topological polar surface area (TPSA) is 30.7 Å². The average Bonchev–Trinajstić information content (AvgIpc) is 2.71. The minimum atomic E-state index is -0.140. The summed E-state index contributed by atoms with van der Waals surface area (Å²) < 4.78 is 1.78. The highest BCUT2D eigenvalue weighted by Gasteiger charge is 2.00. The average molecular weight is 207 g/mol. The lowest BCUT2D eigenvalue weighted by Crippen LogP contribution is -1.98. The Morgan fingerprint density at radius 3 is 2.71 bits per heavy atom. The van der Waals surface area contributed by atoms with Crippen molar-refractivity contribution >= 4 is 10.9 Å². The molecule has 14 heavy (non-hydrogen) atoms. The number of aromatic nitrogens is 3. The predicted molar refractivity (Wildman–Crippen MR) is 60.5 cm³/mol. The first kappa shape index (κ1) is 9.27. The first-order chi connectivity index (χ1) is 6.77. The molecule has 0 bridgehead atoms. The predicted octanol–water partition coefficient (Wildman–Crippen LogP) is 1.89. The lowest BCUT2D eigenvalue weighted by molar-refractivity contribution is 0.830. The number of rotatable bonds is 2. The van der Waals surface area contributed by atoms with Crippen molar-refractivity contribution in [3.8, 4) is 5.82 Å². The Morgan fingerprint density at radius 1 is 1.21 bits per heavy atom. The molecule has 0 atom stereocenters. The molecule has 0 N–H and O–H groups in total. The van der Waals surface area contributed by atoms with Crippen LogP contribution in [-0.2, 0) is 0 Å². The van der Waals surface area contributed by atoms with Crippen LogP contribution in [0.3, 0.4) is 0 Å². The molecule has 0 saturated carbocycles. The van der Waals surface area contributed by atoms with Crippen molar-refractivity contribution in [2.45, 2.75) is 5.03 Å². The number of pyridine rings is 1. The summed E-state index contributed by atoms with van der Waals surface area (Å²) >= 11 is 0. The quantitative estimate of drug-likeness (QED) is 0.762. The maximum absolute atomic E-state index is 4.54. The van der Waals surface area contributed by atoms with Gasteiger partial charge in [0, 0.05) is 12.4 Å². The molecule has 2 rings (SSSR count). The fourth-order valence-electron chi connectivity index (χ4n) is 1.19. The van der Waals surface area contributed by atoms with E-state index in [1.165, 1.54) is 0 Å². The van der Waals surface area contributed by atoms with Crippen LogP contribution in [0.1, 0.15) is 0 Å². The molecule has 0 saturated heterocycles. The Hall–Kier alpha value is -1.29. The fraction of sp³-hybridized carbons (Fsp3) is 0.200. The van der Waals surface area contributed by atoms with Crippen molar-refractivity contribution in [3.05, 3.63) is 36.7 Å². The van der Waals surface area contributed by atoms with E-state index in [9.17, 15) is 0 Å². The summed E-state index contributed by atoms with van der Waals surface area (Å²) in [6.45, 7) is 0. The van der Waals surface area contributed by atoms with E-state index in [4.69, 9.17) is 0 Å². The molecule has 0 radical (unpaired) electrons. The van der Waals surface area contributed by atoms with Gasteiger partial charge in [0.1, 0.15) is 0 Å². The van der Waals surface area contributed by atoms with E-state index < -0.39 is 0 Å². The Balaban J connectivity index is 2.41. The molecular formula is C10H13N3S. The summed E-state index contributed by atoms with van der Waals surface area (Å²) in [6, 6.07) is 7.96. The van der Waals surface area contributed by atoms with E-state index in [0.717, 1.165) is 10.8 Å². The van der Waals surface area contributed by atoms with E-state index in [1.54, 1.807) is 10.9 Å². The molecule has 0 spiro atoms. The van der Waals surface area contributed by atoms with Crippen molar-refractivity contribution < 1.29 is 0 Å². The van der Waals surface area contributed by atoms with Gasteiger partial charge >= 0.3 is 0 Å². The van der Waals surface area contributed by atoms with Crippen LogP contribution in [0.2, 0.25) is 0 Å². The van der Waals surface area contributed by atoms with Crippen LogP contribution < -0.4 is 0 Å². The zero-order valence-electron chi connectivity index (χ0n) is 8.25. The second kappa shape index (κ2) is 3.84. The second-order valence-electron chi connectivity index (χ2n) is 3.20. The molecule has 0 unspecified atom stereocenters. The molecule has 4 heteroatoms. The van der Waals surface area contributed by atoms with Crippen LogP contribution >= 0.6 is 10.9 Å². The number of nitrogens with zero attached hydrogens (tertiary/aromatic N) is 3. The fourth-order valence-corrected chi connectivity index (χ4v) is 1.88. The van der Waals surface area contributed by atoms with Gasteiger partial charge in [-0.2, -0.15) is 5.10 Å². The van der Waals surface area contributed by atoms with Gasteiger partial charge in [-0.15, -0.1) is 0 Å². The SMILES string of the molecule is C[SH](C)c1cccc(-n2cccn2)n1. The molecular weight excluding hydrogens is 194 g/mol. The monoisotopic (exact) mass is 207 g/mol. The van der Waals surface area contributed by atoms with Crippen LogP contribution in [0.5, 0.6) is 0 Å². The third kappa shape index (κ3) is 1.80. The molecule has 3 nitrogen and oxygen atoms in total. The van der Waals surface area contributed by atoms with Crippen LogP contribution in [0, 0.1) is 0 Å². The zero-order valence-corrected chi connectivity index (χ0v) is 9.15. The summed E-state index contributed by atoms with van der Waals surface area (Å²) in [5, 5.41) is 5.31. The molecule has 0 aliphatic rings. The van der Waals surface area contributed by atoms with Crippen molar-refractivity contribution in [2.24, 2.45) is 0 Å². The highest BCUT2D eigenvalue weighted by atomic mass is 32.2. The van der Waals surface area contributed by atoms with Gasteiger partial charge in [-0.05, 0) is 30.7 Å². The molecule has 0 aliphatic carbocycles. The van der Waals surface area contributed by atoms with Crippen molar-refractivity contribution in [1.29, 1.82) is 0 Å². The van der Waals surface area contributed by atoms with Gasteiger partial charge in [-0.3, -0.25) is 0 Å². The van der Waals surface area contributed by atoms with E-state index in [-0.39, 0.29) is 10.9 Å². The smallest absolute Gasteiger partial charge is 0.154 e. The normalized spacial score (nSPS) is 11.4. The number of hydrogen-bond acceptors (Lipinski definition) is 2. The number of thiol groups is 1. The van der Waals surface area contributed by atoms with E-state index in [2.05, 4.69) is 28.7 Å². The zero-order chi connectivity index (χ0) is 9.97. The molecule has 0 amide bonds. The largest absolute Gasteiger partial charge is 0.224 e.